The van der Waals surface area contributed by atoms with E-state index in [0.29, 0.717) is 36.3 Å². The normalized spacial score (nSPS) is 11.2. The Kier molecular flexibility index (Phi) is 5.54. The molecule has 30 heavy (non-hydrogen) atoms. The summed E-state index contributed by atoms with van der Waals surface area (Å²) in [5.41, 5.74) is 2.99. The van der Waals surface area contributed by atoms with Gasteiger partial charge in [0.1, 0.15) is 17.0 Å². The van der Waals surface area contributed by atoms with Crippen molar-refractivity contribution < 1.29 is 14.1 Å². The summed E-state index contributed by atoms with van der Waals surface area (Å²) in [6, 6.07) is 9.44. The standard InChI is InChI=1S/C21H23N5O3S/c1-5-28-17-7-6-8-18-19(17)22-21(30-18)25(20(27)16-12-15(4)29-24-16)9-10-26-14(3)11-13(2)23-26/h6-8,11-12H,5,9-10H2,1-4H3. The fraction of sp³-hybridized carbons (Fsp3) is 0.333. The number of aromatic nitrogens is 4. The summed E-state index contributed by atoms with van der Waals surface area (Å²) in [6.07, 6.45) is 0. The molecule has 4 rings (SSSR count). The van der Waals surface area contributed by atoms with Gasteiger partial charge in [-0.05, 0) is 45.9 Å². The van der Waals surface area contributed by atoms with Crippen molar-refractivity contribution in [3.8, 4) is 5.75 Å². The SMILES string of the molecule is CCOc1cccc2sc(N(CCn3nc(C)cc3C)C(=O)c3cc(C)on3)nc12. The Balaban J connectivity index is 1.70. The average molecular weight is 426 g/mol. The minimum Gasteiger partial charge on any atom is -0.492 e. The zero-order valence-electron chi connectivity index (χ0n) is 17.4. The van der Waals surface area contributed by atoms with Gasteiger partial charge in [-0.1, -0.05) is 22.6 Å². The van der Waals surface area contributed by atoms with E-state index in [9.17, 15) is 4.79 Å². The molecule has 8 nitrogen and oxygen atoms in total. The van der Waals surface area contributed by atoms with Crippen molar-refractivity contribution in [3.05, 3.63) is 53.2 Å². The summed E-state index contributed by atoms with van der Waals surface area (Å²) < 4.78 is 13.7. The van der Waals surface area contributed by atoms with E-state index >= 15 is 0 Å². The number of anilines is 1. The molecule has 0 fully saturated rings. The maximum absolute atomic E-state index is 13.3. The number of para-hydroxylation sites is 1. The van der Waals surface area contributed by atoms with E-state index in [2.05, 4.69) is 10.3 Å². The number of nitrogens with zero attached hydrogens (tertiary/aromatic N) is 5. The number of hydrogen-bond acceptors (Lipinski definition) is 7. The largest absolute Gasteiger partial charge is 0.492 e. The summed E-state index contributed by atoms with van der Waals surface area (Å²) in [4.78, 5) is 19.6. The van der Waals surface area contributed by atoms with Crippen LogP contribution in [-0.2, 0) is 6.54 Å². The molecule has 0 aliphatic carbocycles. The molecule has 4 aromatic rings. The molecule has 0 bridgehead atoms. The molecular formula is C21H23N5O3S. The third kappa shape index (κ3) is 3.93. The Morgan fingerprint density at radius 3 is 2.77 bits per heavy atom. The van der Waals surface area contributed by atoms with E-state index < -0.39 is 0 Å². The molecule has 156 valence electrons. The van der Waals surface area contributed by atoms with Crippen molar-refractivity contribution in [3.63, 3.8) is 0 Å². The lowest BCUT2D eigenvalue weighted by Crippen LogP contribution is -2.34. The summed E-state index contributed by atoms with van der Waals surface area (Å²) in [6.45, 7) is 9.13. The van der Waals surface area contributed by atoms with Gasteiger partial charge in [0.25, 0.3) is 5.91 Å². The summed E-state index contributed by atoms with van der Waals surface area (Å²) >= 11 is 1.45. The Morgan fingerprint density at radius 2 is 2.10 bits per heavy atom. The molecule has 1 amide bonds. The van der Waals surface area contributed by atoms with Gasteiger partial charge in [-0.3, -0.25) is 14.4 Å². The van der Waals surface area contributed by atoms with Crippen LogP contribution in [0.15, 0.2) is 34.9 Å². The van der Waals surface area contributed by atoms with Crippen LogP contribution in [0, 0.1) is 20.8 Å². The van der Waals surface area contributed by atoms with Crippen molar-refractivity contribution in [2.75, 3.05) is 18.1 Å². The quantitative estimate of drug-likeness (QED) is 0.442. The number of thiazole rings is 1. The fourth-order valence-corrected chi connectivity index (χ4v) is 4.29. The van der Waals surface area contributed by atoms with Gasteiger partial charge in [-0.2, -0.15) is 5.10 Å². The maximum atomic E-state index is 13.3. The molecule has 0 saturated heterocycles. The molecule has 0 aliphatic rings. The lowest BCUT2D eigenvalue weighted by molar-refractivity contribution is 0.0977. The van der Waals surface area contributed by atoms with E-state index in [0.717, 1.165) is 21.6 Å². The van der Waals surface area contributed by atoms with Crippen molar-refractivity contribution in [2.45, 2.75) is 34.2 Å². The fourth-order valence-electron chi connectivity index (χ4n) is 3.28. The van der Waals surface area contributed by atoms with E-state index in [1.54, 1.807) is 17.9 Å². The number of carbonyl (C=O) groups excluding carboxylic acids is 1. The predicted octanol–water partition coefficient (Wildman–Crippen LogP) is 4.15. The summed E-state index contributed by atoms with van der Waals surface area (Å²) in [5, 5.41) is 8.99. The number of rotatable bonds is 7. The maximum Gasteiger partial charge on any atom is 0.282 e. The van der Waals surface area contributed by atoms with Crippen LogP contribution in [0.1, 0.15) is 34.6 Å². The second-order valence-corrected chi connectivity index (χ2v) is 7.97. The van der Waals surface area contributed by atoms with Gasteiger partial charge >= 0.3 is 0 Å². The van der Waals surface area contributed by atoms with Gasteiger partial charge in [-0.15, -0.1) is 0 Å². The van der Waals surface area contributed by atoms with Gasteiger partial charge in [0, 0.05) is 18.3 Å². The number of amides is 1. The minimum absolute atomic E-state index is 0.255. The number of aryl methyl sites for hydroxylation is 3. The minimum atomic E-state index is -0.259. The van der Waals surface area contributed by atoms with E-state index in [1.165, 1.54) is 11.3 Å². The van der Waals surface area contributed by atoms with Gasteiger partial charge in [-0.25, -0.2) is 4.98 Å². The van der Waals surface area contributed by atoms with Crippen LogP contribution in [0.5, 0.6) is 5.75 Å². The van der Waals surface area contributed by atoms with Gasteiger partial charge in [0.05, 0.1) is 23.5 Å². The molecule has 3 heterocycles. The van der Waals surface area contributed by atoms with E-state index in [1.807, 2.05) is 49.7 Å². The lowest BCUT2D eigenvalue weighted by atomic mass is 10.3. The Labute approximate surface area is 178 Å². The van der Waals surface area contributed by atoms with Gasteiger partial charge < -0.3 is 9.26 Å². The topological polar surface area (TPSA) is 86.3 Å². The van der Waals surface area contributed by atoms with Crippen molar-refractivity contribution in [1.82, 2.24) is 19.9 Å². The number of carbonyl (C=O) groups is 1. The molecule has 0 radical (unpaired) electrons. The predicted molar refractivity (Wildman–Crippen MR) is 115 cm³/mol. The van der Waals surface area contributed by atoms with Crippen LogP contribution < -0.4 is 9.64 Å². The third-order valence-corrected chi connectivity index (χ3v) is 5.68. The monoisotopic (exact) mass is 425 g/mol. The zero-order chi connectivity index (χ0) is 21.3. The molecule has 3 aromatic heterocycles. The average Bonchev–Trinajstić information content (AvgIpc) is 3.41. The van der Waals surface area contributed by atoms with Crippen LogP contribution in [0.4, 0.5) is 5.13 Å². The molecule has 9 heteroatoms. The summed E-state index contributed by atoms with van der Waals surface area (Å²) in [5.74, 6) is 1.03. The van der Waals surface area contributed by atoms with Crippen molar-refractivity contribution in [1.29, 1.82) is 0 Å². The summed E-state index contributed by atoms with van der Waals surface area (Å²) in [7, 11) is 0. The van der Waals surface area contributed by atoms with Crippen LogP contribution in [0.3, 0.4) is 0 Å². The van der Waals surface area contributed by atoms with E-state index in [4.69, 9.17) is 14.2 Å². The first kappa shape index (κ1) is 20.1. The lowest BCUT2D eigenvalue weighted by Gasteiger charge is -2.19. The molecule has 0 spiro atoms. The highest BCUT2D eigenvalue weighted by atomic mass is 32.1. The number of hydrogen-bond donors (Lipinski definition) is 0. The Bertz CT molecular complexity index is 1190. The van der Waals surface area contributed by atoms with E-state index in [-0.39, 0.29) is 11.6 Å². The van der Waals surface area contributed by atoms with Crippen molar-refractivity contribution >= 4 is 32.6 Å². The van der Waals surface area contributed by atoms with Crippen molar-refractivity contribution in [2.24, 2.45) is 0 Å². The highest BCUT2D eigenvalue weighted by Gasteiger charge is 2.25. The molecule has 0 aliphatic heterocycles. The molecule has 0 N–H and O–H groups in total. The first-order valence-corrected chi connectivity index (χ1v) is 10.6. The first-order valence-electron chi connectivity index (χ1n) is 9.75. The Morgan fingerprint density at radius 1 is 1.27 bits per heavy atom. The van der Waals surface area contributed by atoms with Crippen LogP contribution in [-0.4, -0.2) is 39.0 Å². The smallest absolute Gasteiger partial charge is 0.282 e. The third-order valence-electron chi connectivity index (χ3n) is 4.63. The molecule has 0 atom stereocenters. The Hall–Kier alpha value is -3.20. The number of benzene rings is 1. The molecule has 1 aromatic carbocycles. The molecule has 0 unspecified atom stereocenters. The van der Waals surface area contributed by atoms with Crippen LogP contribution in [0.25, 0.3) is 10.2 Å². The molecular weight excluding hydrogens is 402 g/mol. The van der Waals surface area contributed by atoms with Gasteiger partial charge in [0.2, 0.25) is 0 Å². The zero-order valence-corrected chi connectivity index (χ0v) is 18.2. The second kappa shape index (κ2) is 8.27. The highest BCUT2D eigenvalue weighted by Crippen LogP contribution is 2.34. The first-order chi connectivity index (χ1) is 14.5. The van der Waals surface area contributed by atoms with Gasteiger partial charge in [0.15, 0.2) is 10.8 Å². The number of ether oxygens (including phenoxy) is 1. The highest BCUT2D eigenvalue weighted by molar-refractivity contribution is 7.22. The van der Waals surface area contributed by atoms with Crippen LogP contribution >= 0.6 is 11.3 Å². The van der Waals surface area contributed by atoms with Crippen LogP contribution in [0.2, 0.25) is 0 Å². The molecule has 0 saturated carbocycles. The number of fused-ring (bicyclic) bond motifs is 1. The second-order valence-electron chi connectivity index (χ2n) is 6.96.